The third-order valence-corrected chi connectivity index (χ3v) is 6.48. The Hall–Kier alpha value is -4.07. The molecule has 0 unspecified atom stereocenters. The molecule has 5 aromatic heterocycles. The molecule has 178 valence electrons. The first-order valence-corrected chi connectivity index (χ1v) is 12.2. The first-order chi connectivity index (χ1) is 17.6. The van der Waals surface area contributed by atoms with Crippen LogP contribution in [0, 0.1) is 6.92 Å². The van der Waals surface area contributed by atoms with Crippen LogP contribution in [0.3, 0.4) is 0 Å². The van der Waals surface area contributed by atoms with E-state index < -0.39 is 0 Å². The summed E-state index contributed by atoms with van der Waals surface area (Å²) in [6.45, 7) is 3.67. The molecule has 0 aliphatic heterocycles. The predicted molar refractivity (Wildman–Crippen MR) is 144 cm³/mol. The highest BCUT2D eigenvalue weighted by Crippen LogP contribution is 2.36. The number of nitrogens with one attached hydrogen (secondary N) is 1. The second kappa shape index (κ2) is 9.18. The van der Waals surface area contributed by atoms with Gasteiger partial charge < -0.3 is 5.32 Å². The van der Waals surface area contributed by atoms with Crippen LogP contribution in [-0.2, 0) is 6.54 Å². The molecule has 7 nitrogen and oxygen atoms in total. The van der Waals surface area contributed by atoms with Crippen LogP contribution < -0.4 is 5.32 Å². The first-order valence-electron chi connectivity index (χ1n) is 11.8. The fraction of sp³-hybridized carbons (Fsp3) is 0.143. The smallest absolute Gasteiger partial charge is 0.120 e. The van der Waals surface area contributed by atoms with Crippen LogP contribution >= 0.6 is 11.6 Å². The number of pyridine rings is 3. The second-order valence-corrected chi connectivity index (χ2v) is 9.23. The molecule has 6 rings (SSSR count). The van der Waals surface area contributed by atoms with Gasteiger partial charge in [0.25, 0.3) is 0 Å². The molecule has 0 amide bonds. The van der Waals surface area contributed by atoms with Gasteiger partial charge in [-0.25, -0.2) is 4.52 Å². The van der Waals surface area contributed by atoms with Crippen LogP contribution in [-0.4, -0.2) is 43.0 Å². The van der Waals surface area contributed by atoms with Gasteiger partial charge in [0, 0.05) is 52.9 Å². The summed E-state index contributed by atoms with van der Waals surface area (Å²) in [4.78, 5) is 9.47. The van der Waals surface area contributed by atoms with E-state index in [-0.39, 0.29) is 0 Å². The Bertz CT molecular complexity index is 1720. The lowest BCUT2D eigenvalue weighted by Gasteiger charge is -2.07. The van der Waals surface area contributed by atoms with Crippen molar-refractivity contribution in [3.63, 3.8) is 0 Å². The van der Waals surface area contributed by atoms with Crippen molar-refractivity contribution in [3.8, 4) is 33.6 Å². The molecule has 1 aromatic carbocycles. The standard InChI is InChI=1S/C28H24ClN7/c1-18-4-3-5-25(33-18)28-27(26-9-7-23(29)17-36(26)34-28)19-6-8-24-20(12-19)13-21(14-31-24)22-15-32-35(16-22)11-10-30-2/h3-9,12-17,30H,10-11H2,1-2H3. The van der Waals surface area contributed by atoms with Crippen LogP contribution in [0.2, 0.25) is 5.02 Å². The van der Waals surface area contributed by atoms with Gasteiger partial charge in [-0.05, 0) is 62.0 Å². The molecule has 5 heterocycles. The number of hydrogen-bond donors (Lipinski definition) is 1. The predicted octanol–water partition coefficient (Wildman–Crippen LogP) is 5.66. The van der Waals surface area contributed by atoms with Crippen LogP contribution in [0.25, 0.3) is 50.1 Å². The summed E-state index contributed by atoms with van der Waals surface area (Å²) in [5, 5.41) is 14.2. The number of benzene rings is 1. The maximum Gasteiger partial charge on any atom is 0.120 e. The number of fused-ring (bicyclic) bond motifs is 2. The summed E-state index contributed by atoms with van der Waals surface area (Å²) in [6.07, 6.45) is 7.67. The van der Waals surface area contributed by atoms with Crippen molar-refractivity contribution < 1.29 is 0 Å². The van der Waals surface area contributed by atoms with E-state index in [1.54, 1.807) is 0 Å². The zero-order chi connectivity index (χ0) is 24.6. The Morgan fingerprint density at radius 1 is 0.944 bits per heavy atom. The van der Waals surface area contributed by atoms with E-state index in [4.69, 9.17) is 26.7 Å². The Balaban J connectivity index is 1.49. The normalized spacial score (nSPS) is 11.5. The number of halogens is 1. The van der Waals surface area contributed by atoms with Crippen LogP contribution in [0.1, 0.15) is 5.69 Å². The number of likely N-dealkylation sites (N-methyl/N-ethyl adjacent to an activating group) is 1. The van der Waals surface area contributed by atoms with E-state index in [1.807, 2.05) is 72.1 Å². The molecule has 6 aromatic rings. The van der Waals surface area contributed by atoms with Gasteiger partial charge in [0.15, 0.2) is 0 Å². The molecule has 0 spiro atoms. The Labute approximate surface area is 213 Å². The molecule has 0 saturated heterocycles. The second-order valence-electron chi connectivity index (χ2n) is 8.79. The lowest BCUT2D eigenvalue weighted by molar-refractivity contribution is 0.585. The summed E-state index contributed by atoms with van der Waals surface area (Å²) >= 11 is 6.29. The Kier molecular flexibility index (Phi) is 5.71. The van der Waals surface area contributed by atoms with E-state index in [0.717, 1.165) is 68.8 Å². The molecule has 0 atom stereocenters. The number of nitrogens with zero attached hydrogens (tertiary/aromatic N) is 6. The molecule has 1 N–H and O–H groups in total. The van der Waals surface area contributed by atoms with Gasteiger partial charge in [-0.15, -0.1) is 0 Å². The van der Waals surface area contributed by atoms with E-state index >= 15 is 0 Å². The number of aromatic nitrogens is 6. The van der Waals surface area contributed by atoms with Crippen LogP contribution in [0.5, 0.6) is 0 Å². The van der Waals surface area contributed by atoms with E-state index in [9.17, 15) is 0 Å². The first kappa shape index (κ1) is 22.4. The molecular formula is C28H24ClN7. The van der Waals surface area contributed by atoms with Crippen molar-refractivity contribution >= 4 is 28.0 Å². The van der Waals surface area contributed by atoms with Crippen LogP contribution in [0.15, 0.2) is 79.4 Å². The van der Waals surface area contributed by atoms with E-state index in [1.165, 1.54) is 0 Å². The SMILES string of the molecule is CNCCn1cc(-c2cnc3ccc(-c4c(-c5cccc(C)n5)nn5cc(Cl)ccc45)cc3c2)cn1. The highest BCUT2D eigenvalue weighted by atomic mass is 35.5. The zero-order valence-electron chi connectivity index (χ0n) is 20.0. The minimum atomic E-state index is 0.628. The van der Waals surface area contributed by atoms with Gasteiger partial charge in [-0.2, -0.15) is 10.2 Å². The third-order valence-electron chi connectivity index (χ3n) is 6.25. The van der Waals surface area contributed by atoms with Crippen molar-refractivity contribution in [2.75, 3.05) is 13.6 Å². The molecule has 0 saturated carbocycles. The van der Waals surface area contributed by atoms with Crippen molar-refractivity contribution in [1.82, 2.24) is 34.7 Å². The van der Waals surface area contributed by atoms with E-state index in [2.05, 4.69) is 40.9 Å². The highest BCUT2D eigenvalue weighted by Gasteiger charge is 2.18. The Morgan fingerprint density at radius 2 is 1.83 bits per heavy atom. The monoisotopic (exact) mass is 493 g/mol. The minimum absolute atomic E-state index is 0.628. The fourth-order valence-electron chi connectivity index (χ4n) is 4.47. The van der Waals surface area contributed by atoms with Gasteiger partial charge in [0.1, 0.15) is 5.69 Å². The lowest BCUT2D eigenvalue weighted by atomic mass is 9.99. The largest absolute Gasteiger partial charge is 0.318 e. The lowest BCUT2D eigenvalue weighted by Crippen LogP contribution is -2.14. The molecule has 36 heavy (non-hydrogen) atoms. The number of hydrogen-bond acceptors (Lipinski definition) is 5. The van der Waals surface area contributed by atoms with Gasteiger partial charge in [0.2, 0.25) is 0 Å². The fourth-order valence-corrected chi connectivity index (χ4v) is 4.62. The molecule has 8 heteroatoms. The summed E-state index contributed by atoms with van der Waals surface area (Å²) in [6, 6.07) is 18.4. The maximum absolute atomic E-state index is 6.29. The maximum atomic E-state index is 6.29. The van der Waals surface area contributed by atoms with Gasteiger partial charge in [0.05, 0.1) is 34.5 Å². The summed E-state index contributed by atoms with van der Waals surface area (Å²) in [5.41, 5.74) is 8.60. The van der Waals surface area contributed by atoms with Gasteiger partial charge >= 0.3 is 0 Å². The quantitative estimate of drug-likeness (QED) is 0.324. The molecular weight excluding hydrogens is 470 g/mol. The van der Waals surface area contributed by atoms with Crippen molar-refractivity contribution in [2.45, 2.75) is 13.5 Å². The van der Waals surface area contributed by atoms with E-state index in [0.29, 0.717) is 5.02 Å². The average molecular weight is 494 g/mol. The highest BCUT2D eigenvalue weighted by molar-refractivity contribution is 6.30. The topological polar surface area (TPSA) is 72.9 Å². The summed E-state index contributed by atoms with van der Waals surface area (Å²) < 4.78 is 3.77. The summed E-state index contributed by atoms with van der Waals surface area (Å²) in [5.74, 6) is 0. The van der Waals surface area contributed by atoms with Crippen molar-refractivity contribution in [2.24, 2.45) is 0 Å². The van der Waals surface area contributed by atoms with Gasteiger partial charge in [-0.1, -0.05) is 23.7 Å². The zero-order valence-corrected chi connectivity index (χ0v) is 20.7. The van der Waals surface area contributed by atoms with Crippen LogP contribution in [0.4, 0.5) is 0 Å². The van der Waals surface area contributed by atoms with Gasteiger partial charge in [-0.3, -0.25) is 14.6 Å². The molecule has 0 radical (unpaired) electrons. The van der Waals surface area contributed by atoms with Crippen molar-refractivity contribution in [1.29, 1.82) is 0 Å². The average Bonchev–Trinajstić information content (AvgIpc) is 3.51. The molecule has 0 bridgehead atoms. The van der Waals surface area contributed by atoms with Crippen molar-refractivity contribution in [3.05, 3.63) is 90.1 Å². The molecule has 0 fully saturated rings. The third kappa shape index (κ3) is 4.12. The number of rotatable bonds is 6. The summed E-state index contributed by atoms with van der Waals surface area (Å²) in [7, 11) is 1.94. The Morgan fingerprint density at radius 3 is 2.69 bits per heavy atom. The number of aryl methyl sites for hydroxylation is 1. The minimum Gasteiger partial charge on any atom is -0.318 e. The molecule has 0 aliphatic carbocycles. The molecule has 0 aliphatic rings.